The zero-order valence-electron chi connectivity index (χ0n) is 54.5. The van der Waals surface area contributed by atoms with Crippen molar-refractivity contribution in [3.8, 4) is 0 Å². The van der Waals surface area contributed by atoms with Gasteiger partial charge in [-0.2, -0.15) is 0 Å². The van der Waals surface area contributed by atoms with Gasteiger partial charge in [-0.15, -0.1) is 0 Å². The zero-order chi connectivity index (χ0) is 67.3. The molecule has 0 saturated carbocycles. The lowest BCUT2D eigenvalue weighted by Crippen LogP contribution is -2.60. The minimum Gasteiger partial charge on any atom is -0.445 e. The Balaban J connectivity index is 1.33. The number of nitrogens with zero attached hydrogens (tertiary/aromatic N) is 4. The molecule has 1 fully saturated rings. The first-order valence-electron chi connectivity index (χ1n) is 30.8. The van der Waals surface area contributed by atoms with Crippen LogP contribution in [0.1, 0.15) is 119 Å². The van der Waals surface area contributed by atoms with Crippen LogP contribution in [0.2, 0.25) is 0 Å². The lowest BCUT2D eigenvalue weighted by Gasteiger charge is -2.41. The van der Waals surface area contributed by atoms with E-state index in [0.717, 1.165) is 22.0 Å². The number of ether oxygens (including phenoxy) is 3. The van der Waals surface area contributed by atoms with Gasteiger partial charge >= 0.3 is 6.09 Å². The quantitative estimate of drug-likeness (QED) is 0.0467. The summed E-state index contributed by atoms with van der Waals surface area (Å²) in [5.41, 5.74) is 1.42. The van der Waals surface area contributed by atoms with E-state index < -0.39 is 151 Å². The topological polar surface area (TPSA) is 341 Å². The van der Waals surface area contributed by atoms with Crippen LogP contribution in [0.15, 0.2) is 66.7 Å². The van der Waals surface area contributed by atoms with E-state index >= 15 is 0 Å². The number of hydrogen-bond donors (Lipinski definition) is 8. The van der Waals surface area contributed by atoms with Gasteiger partial charge in [0.05, 0.1) is 55.4 Å². The molecule has 26 nitrogen and oxygen atoms in total. The van der Waals surface area contributed by atoms with Gasteiger partial charge in [0.25, 0.3) is 11.8 Å². The number of anilines is 1. The van der Waals surface area contributed by atoms with Crippen molar-refractivity contribution in [1.82, 2.24) is 46.2 Å². The maximum absolute atomic E-state index is 14.8. The van der Waals surface area contributed by atoms with Gasteiger partial charge in [0.2, 0.25) is 47.3 Å². The molecule has 0 aliphatic carbocycles. The molecule has 2 aliphatic rings. The Kier molecular flexibility index (Phi) is 29.5. The normalized spacial score (nSPS) is 17.7. The summed E-state index contributed by atoms with van der Waals surface area (Å²) in [5.74, 6) is -7.92. The standard InChI is InChI=1S/C64H96N10O16/c1-15-39(8)56(47(88-13)32-52(80)73-31-19-22-46(73)58(89-14)40(9)59(82)66-41(10)57(81)43-20-17-16-18-21-43)71(11)63(86)54(37(4)5)70-62(85)55(38(6)7)72(12)64(87)90-35-42-23-25-44(26-24-42)67-60(83)45(34-75)68-61(84)53(36(2)3)69-48(76)29-30-65-49(77)33-74-50(78)27-28-51(74)79/h16-18,20-21,23-28,36-41,45-47,53-58,75,81H,15,19,22,29-35H2,1-14H3,(H,65,77)(H,66,82)(H,67,83)(H,68,84)(H,69,76)(H,70,85)/t39-,40+,41+,45-,46-,47+,53-,54-,55-,56-,57+,58+/m0/s1. The van der Waals surface area contributed by atoms with Gasteiger partial charge in [0.15, 0.2) is 0 Å². The van der Waals surface area contributed by atoms with Crippen LogP contribution in [0.3, 0.4) is 0 Å². The Bertz CT molecular complexity index is 2800. The van der Waals surface area contributed by atoms with Crippen LogP contribution in [-0.4, -0.2) is 204 Å². The third kappa shape index (κ3) is 20.6. The summed E-state index contributed by atoms with van der Waals surface area (Å²) in [6.45, 7) is 16.5. The molecular formula is C64H96N10O16. The molecule has 1 saturated heterocycles. The minimum atomic E-state index is -1.44. The number of likely N-dealkylation sites (tertiary alicyclic amines) is 1. The Morgan fingerprint density at radius 3 is 1.89 bits per heavy atom. The summed E-state index contributed by atoms with van der Waals surface area (Å²) < 4.78 is 17.7. The first kappa shape index (κ1) is 74.7. The zero-order valence-corrected chi connectivity index (χ0v) is 54.5. The molecular weight excluding hydrogens is 1160 g/mol. The van der Waals surface area contributed by atoms with Gasteiger partial charge < -0.3 is 66.1 Å². The fourth-order valence-corrected chi connectivity index (χ4v) is 11.2. The number of aliphatic hydroxyl groups excluding tert-OH is 2. The van der Waals surface area contributed by atoms with Gasteiger partial charge in [0, 0.05) is 65.7 Å². The van der Waals surface area contributed by atoms with Gasteiger partial charge in [-0.25, -0.2) is 4.79 Å². The molecule has 0 radical (unpaired) electrons. The molecule has 12 atom stereocenters. The third-order valence-corrected chi connectivity index (χ3v) is 16.6. The summed E-state index contributed by atoms with van der Waals surface area (Å²) in [7, 11) is 6.04. The fourth-order valence-electron chi connectivity index (χ4n) is 11.2. The summed E-state index contributed by atoms with van der Waals surface area (Å²) in [4.78, 5) is 151. The Morgan fingerprint density at radius 1 is 0.711 bits per heavy atom. The van der Waals surface area contributed by atoms with Crippen molar-refractivity contribution < 1.29 is 77.2 Å². The van der Waals surface area contributed by atoms with Crippen molar-refractivity contribution in [3.05, 3.63) is 77.9 Å². The first-order valence-corrected chi connectivity index (χ1v) is 30.8. The van der Waals surface area contributed by atoms with Gasteiger partial charge in [-0.1, -0.05) is 111 Å². The molecule has 0 bridgehead atoms. The molecule has 0 spiro atoms. The highest BCUT2D eigenvalue weighted by molar-refractivity contribution is 6.14. The average molecular weight is 1260 g/mol. The molecule has 0 unspecified atom stereocenters. The molecule has 8 N–H and O–H groups in total. The van der Waals surface area contributed by atoms with Crippen LogP contribution in [0, 0.1) is 29.6 Å². The smallest absolute Gasteiger partial charge is 0.410 e. The van der Waals surface area contributed by atoms with E-state index in [2.05, 4.69) is 31.9 Å². The van der Waals surface area contributed by atoms with Crippen molar-refractivity contribution in [2.75, 3.05) is 59.9 Å². The molecule has 26 heteroatoms. The second-order valence-corrected chi connectivity index (χ2v) is 24.2. The second-order valence-electron chi connectivity index (χ2n) is 24.2. The van der Waals surface area contributed by atoms with Crippen molar-refractivity contribution in [3.63, 3.8) is 0 Å². The number of carbonyl (C=O) groups excluding carboxylic acids is 11. The highest BCUT2D eigenvalue weighted by Gasteiger charge is 2.44. The fraction of sp³-hybridized carbons (Fsp3) is 0.609. The SMILES string of the molecule is CC[C@H](C)[C@@H]([C@@H](CC(=O)N1CCC[C@H]1[C@H](OC)[C@@H](C)C(=O)N[C@H](C)[C@@H](O)c1ccccc1)OC)N(C)C(=O)[C@@H](NC(=O)[C@H](C(C)C)N(C)C(=O)OCc1ccc(NC(=O)[C@H](CO)NC(=O)[C@@H](NC(=O)CCNC(=O)CN2C(=O)C=CC2=O)C(C)C)cc1)C(C)C. The number of methoxy groups -OCH3 is 2. The lowest BCUT2D eigenvalue weighted by atomic mass is 9.89. The van der Waals surface area contributed by atoms with E-state index in [9.17, 15) is 63.0 Å². The van der Waals surface area contributed by atoms with E-state index in [4.69, 9.17) is 14.2 Å². The molecule has 498 valence electrons. The van der Waals surface area contributed by atoms with Crippen LogP contribution < -0.4 is 31.9 Å². The maximum atomic E-state index is 14.8. The molecule has 11 amide bonds. The largest absolute Gasteiger partial charge is 0.445 e. The van der Waals surface area contributed by atoms with Crippen LogP contribution in [-0.2, 0) is 68.8 Å². The summed E-state index contributed by atoms with van der Waals surface area (Å²) in [6.07, 6.45) is 0.380. The van der Waals surface area contributed by atoms with E-state index in [0.29, 0.717) is 36.9 Å². The summed E-state index contributed by atoms with van der Waals surface area (Å²) in [6, 6.07) is 8.77. The van der Waals surface area contributed by atoms with E-state index in [1.807, 2.05) is 32.0 Å². The van der Waals surface area contributed by atoms with Crippen molar-refractivity contribution in [1.29, 1.82) is 0 Å². The number of imide groups is 1. The van der Waals surface area contributed by atoms with Crippen molar-refractivity contribution >= 4 is 70.9 Å². The molecule has 2 aliphatic heterocycles. The molecule has 2 aromatic carbocycles. The van der Waals surface area contributed by atoms with Gasteiger partial charge in [0.1, 0.15) is 37.3 Å². The molecule has 0 aromatic heterocycles. The van der Waals surface area contributed by atoms with Crippen molar-refractivity contribution in [2.24, 2.45) is 29.6 Å². The predicted molar refractivity (Wildman–Crippen MR) is 333 cm³/mol. The molecule has 2 heterocycles. The number of benzene rings is 2. The Labute approximate surface area is 528 Å². The maximum Gasteiger partial charge on any atom is 0.410 e. The second kappa shape index (κ2) is 35.5. The highest BCUT2D eigenvalue weighted by atomic mass is 16.6. The molecule has 90 heavy (non-hydrogen) atoms. The summed E-state index contributed by atoms with van der Waals surface area (Å²) in [5, 5.41) is 36.9. The van der Waals surface area contributed by atoms with Crippen LogP contribution in [0.25, 0.3) is 0 Å². The lowest BCUT2D eigenvalue weighted by molar-refractivity contribution is -0.148. The summed E-state index contributed by atoms with van der Waals surface area (Å²) >= 11 is 0. The van der Waals surface area contributed by atoms with Crippen LogP contribution in [0.4, 0.5) is 10.5 Å². The van der Waals surface area contributed by atoms with Crippen LogP contribution in [0.5, 0.6) is 0 Å². The Morgan fingerprint density at radius 2 is 1.33 bits per heavy atom. The van der Waals surface area contributed by atoms with E-state index in [1.54, 1.807) is 91.6 Å². The number of likely N-dealkylation sites (N-methyl/N-ethyl adjacent to an activating group) is 2. The minimum absolute atomic E-state index is 0.0954. The highest BCUT2D eigenvalue weighted by Crippen LogP contribution is 2.30. The first-order chi connectivity index (χ1) is 42.5. The monoisotopic (exact) mass is 1260 g/mol. The number of hydrogen-bond acceptors (Lipinski definition) is 16. The predicted octanol–water partition coefficient (Wildman–Crippen LogP) is 2.57. The number of amides is 11. The average Bonchev–Trinajstić information content (AvgIpc) is 1.55. The van der Waals surface area contributed by atoms with Gasteiger partial charge in [-0.3, -0.25) is 57.7 Å². The number of carbonyl (C=O) groups is 11. The molecule has 4 rings (SSSR count). The van der Waals surface area contributed by atoms with E-state index in [-0.39, 0.29) is 49.4 Å². The number of rotatable bonds is 34. The van der Waals surface area contributed by atoms with Gasteiger partial charge in [-0.05, 0) is 66.7 Å². The van der Waals surface area contributed by atoms with E-state index in [1.165, 1.54) is 38.3 Å². The van der Waals surface area contributed by atoms with Crippen molar-refractivity contribution in [2.45, 2.75) is 169 Å². The van der Waals surface area contributed by atoms with Crippen LogP contribution >= 0.6 is 0 Å². The number of nitrogens with one attached hydrogen (secondary N) is 6. The number of aliphatic hydroxyl groups is 2. The third-order valence-electron chi connectivity index (χ3n) is 16.6. The molecule has 2 aromatic rings. The Hall–Kier alpha value is -7.81.